The molecule has 20 heavy (non-hydrogen) atoms. The summed E-state index contributed by atoms with van der Waals surface area (Å²) < 4.78 is 13.0. The lowest BCUT2D eigenvalue weighted by molar-refractivity contribution is 0.177. The molecule has 1 aliphatic rings. The molecule has 0 heterocycles. The van der Waals surface area contributed by atoms with Crippen molar-refractivity contribution in [3.8, 4) is 0 Å². The van der Waals surface area contributed by atoms with Crippen LogP contribution in [0.5, 0.6) is 0 Å². The van der Waals surface area contributed by atoms with Gasteiger partial charge in [0.2, 0.25) is 0 Å². The molecule has 1 aromatic rings. The van der Waals surface area contributed by atoms with Crippen molar-refractivity contribution in [3.63, 3.8) is 0 Å². The molecule has 0 aromatic heterocycles. The minimum atomic E-state index is -0.179. The third-order valence-electron chi connectivity index (χ3n) is 4.73. The largest absolute Gasteiger partial charge is 0.371 e. The fourth-order valence-corrected chi connectivity index (χ4v) is 3.61. The van der Waals surface area contributed by atoms with Crippen molar-refractivity contribution in [1.82, 2.24) is 0 Å². The van der Waals surface area contributed by atoms with E-state index < -0.39 is 0 Å². The van der Waals surface area contributed by atoms with Crippen LogP contribution in [0.2, 0.25) is 0 Å². The monoisotopic (exact) mass is 278 g/mol. The molecule has 0 aliphatic heterocycles. The molecule has 0 amide bonds. The molecule has 2 nitrogen and oxygen atoms in total. The van der Waals surface area contributed by atoms with Crippen molar-refractivity contribution < 1.29 is 4.39 Å². The molecule has 0 saturated heterocycles. The number of anilines is 1. The lowest BCUT2D eigenvalue weighted by Crippen LogP contribution is -2.46. The van der Waals surface area contributed by atoms with E-state index in [1.807, 2.05) is 12.1 Å². The van der Waals surface area contributed by atoms with Gasteiger partial charge in [-0.15, -0.1) is 0 Å². The topological polar surface area (TPSA) is 29.3 Å². The summed E-state index contributed by atoms with van der Waals surface area (Å²) in [6.07, 6.45) is 2.38. The van der Waals surface area contributed by atoms with Crippen LogP contribution in [-0.4, -0.2) is 19.1 Å². The first-order chi connectivity index (χ1) is 9.51. The van der Waals surface area contributed by atoms with Crippen LogP contribution in [0.4, 0.5) is 10.1 Å². The molecule has 1 aliphatic carbocycles. The van der Waals surface area contributed by atoms with Crippen molar-refractivity contribution in [2.24, 2.45) is 23.5 Å². The number of hydrogen-bond donors (Lipinski definition) is 1. The SMILES string of the molecule is CCN(CC1C(C)CC(C)CC1N)c1ccc(F)cc1. The van der Waals surface area contributed by atoms with E-state index in [4.69, 9.17) is 5.73 Å². The Balaban J connectivity index is 2.07. The maximum absolute atomic E-state index is 13.0. The van der Waals surface area contributed by atoms with E-state index in [0.29, 0.717) is 11.8 Å². The summed E-state index contributed by atoms with van der Waals surface area (Å²) in [4.78, 5) is 2.32. The smallest absolute Gasteiger partial charge is 0.123 e. The van der Waals surface area contributed by atoms with Crippen LogP contribution in [0.3, 0.4) is 0 Å². The Morgan fingerprint density at radius 2 is 1.85 bits per heavy atom. The molecule has 112 valence electrons. The summed E-state index contributed by atoms with van der Waals surface area (Å²) in [7, 11) is 0. The molecular formula is C17H27FN2. The average molecular weight is 278 g/mol. The van der Waals surface area contributed by atoms with Crippen LogP contribution in [-0.2, 0) is 0 Å². The summed E-state index contributed by atoms with van der Waals surface area (Å²) in [5.41, 5.74) is 7.47. The number of halogens is 1. The number of nitrogens with zero attached hydrogens (tertiary/aromatic N) is 1. The Bertz CT molecular complexity index is 406. The fraction of sp³-hybridized carbons (Fsp3) is 0.647. The van der Waals surface area contributed by atoms with E-state index in [2.05, 4.69) is 25.7 Å². The highest BCUT2D eigenvalue weighted by molar-refractivity contribution is 5.46. The van der Waals surface area contributed by atoms with Crippen molar-refractivity contribution in [2.75, 3.05) is 18.0 Å². The third-order valence-corrected chi connectivity index (χ3v) is 4.73. The summed E-state index contributed by atoms with van der Waals surface area (Å²) in [5, 5.41) is 0. The van der Waals surface area contributed by atoms with E-state index in [9.17, 15) is 4.39 Å². The lowest BCUT2D eigenvalue weighted by Gasteiger charge is -2.40. The molecule has 0 radical (unpaired) electrons. The summed E-state index contributed by atoms with van der Waals surface area (Å²) >= 11 is 0. The Hall–Kier alpha value is -1.09. The van der Waals surface area contributed by atoms with Gasteiger partial charge >= 0.3 is 0 Å². The van der Waals surface area contributed by atoms with Crippen molar-refractivity contribution in [2.45, 2.75) is 39.7 Å². The van der Waals surface area contributed by atoms with Gasteiger partial charge in [0.25, 0.3) is 0 Å². The van der Waals surface area contributed by atoms with Crippen molar-refractivity contribution >= 4 is 5.69 Å². The highest BCUT2D eigenvalue weighted by Gasteiger charge is 2.32. The Morgan fingerprint density at radius 1 is 1.20 bits per heavy atom. The zero-order valence-corrected chi connectivity index (χ0v) is 12.8. The van der Waals surface area contributed by atoms with Crippen molar-refractivity contribution in [3.05, 3.63) is 30.1 Å². The van der Waals surface area contributed by atoms with Crippen LogP contribution in [0.1, 0.15) is 33.6 Å². The Labute approximate surface area is 122 Å². The maximum atomic E-state index is 13.0. The minimum absolute atomic E-state index is 0.179. The molecule has 0 bridgehead atoms. The second kappa shape index (κ2) is 6.57. The van der Waals surface area contributed by atoms with Gasteiger partial charge in [-0.25, -0.2) is 4.39 Å². The fourth-order valence-electron chi connectivity index (χ4n) is 3.61. The molecule has 0 spiro atoms. The summed E-state index contributed by atoms with van der Waals surface area (Å²) in [6, 6.07) is 7.07. The number of nitrogens with two attached hydrogens (primary N) is 1. The summed E-state index contributed by atoms with van der Waals surface area (Å²) in [5.74, 6) is 1.73. The first-order valence-corrected chi connectivity index (χ1v) is 7.77. The summed E-state index contributed by atoms with van der Waals surface area (Å²) in [6.45, 7) is 8.65. The van der Waals surface area contributed by atoms with Crippen LogP contribution in [0, 0.1) is 23.6 Å². The van der Waals surface area contributed by atoms with Crippen LogP contribution in [0.15, 0.2) is 24.3 Å². The van der Waals surface area contributed by atoms with Gasteiger partial charge in [0.05, 0.1) is 0 Å². The highest BCUT2D eigenvalue weighted by Crippen LogP contribution is 2.34. The highest BCUT2D eigenvalue weighted by atomic mass is 19.1. The quantitative estimate of drug-likeness (QED) is 0.910. The van der Waals surface area contributed by atoms with Gasteiger partial charge in [0.1, 0.15) is 5.82 Å². The first kappa shape index (κ1) is 15.3. The van der Waals surface area contributed by atoms with Gasteiger partial charge in [-0.05, 0) is 61.8 Å². The molecule has 4 unspecified atom stereocenters. The normalized spacial score (nSPS) is 30.2. The standard InChI is InChI=1S/C17H27FN2/c1-4-20(15-7-5-14(18)6-8-15)11-16-13(3)9-12(2)10-17(16)19/h5-8,12-13,16-17H,4,9-11,19H2,1-3H3. The number of benzene rings is 1. The molecule has 1 aromatic carbocycles. The van der Waals surface area contributed by atoms with Crippen LogP contribution >= 0.6 is 0 Å². The van der Waals surface area contributed by atoms with Gasteiger partial charge in [-0.2, -0.15) is 0 Å². The molecule has 3 heteroatoms. The van der Waals surface area contributed by atoms with E-state index in [-0.39, 0.29) is 11.9 Å². The van der Waals surface area contributed by atoms with E-state index in [1.165, 1.54) is 18.6 Å². The molecule has 2 N–H and O–H groups in total. The average Bonchev–Trinajstić information content (AvgIpc) is 2.39. The third kappa shape index (κ3) is 3.51. The molecule has 4 atom stereocenters. The predicted octanol–water partition coefficient (Wildman–Crippen LogP) is 3.66. The zero-order valence-electron chi connectivity index (χ0n) is 12.8. The Morgan fingerprint density at radius 3 is 2.40 bits per heavy atom. The lowest BCUT2D eigenvalue weighted by atomic mass is 9.72. The molecular weight excluding hydrogens is 251 g/mol. The van der Waals surface area contributed by atoms with E-state index >= 15 is 0 Å². The second-order valence-corrected chi connectivity index (χ2v) is 6.40. The van der Waals surface area contributed by atoms with E-state index in [1.54, 1.807) is 0 Å². The van der Waals surface area contributed by atoms with Crippen LogP contribution < -0.4 is 10.6 Å². The predicted molar refractivity (Wildman–Crippen MR) is 83.3 cm³/mol. The molecule has 2 rings (SSSR count). The van der Waals surface area contributed by atoms with Gasteiger partial charge < -0.3 is 10.6 Å². The number of rotatable bonds is 4. The number of hydrogen-bond acceptors (Lipinski definition) is 2. The van der Waals surface area contributed by atoms with Gasteiger partial charge in [-0.3, -0.25) is 0 Å². The van der Waals surface area contributed by atoms with Gasteiger partial charge in [0, 0.05) is 24.8 Å². The van der Waals surface area contributed by atoms with Gasteiger partial charge in [-0.1, -0.05) is 13.8 Å². The second-order valence-electron chi connectivity index (χ2n) is 6.40. The van der Waals surface area contributed by atoms with E-state index in [0.717, 1.165) is 31.1 Å². The minimum Gasteiger partial charge on any atom is -0.371 e. The zero-order chi connectivity index (χ0) is 14.7. The Kier molecular flexibility index (Phi) is 5.03. The van der Waals surface area contributed by atoms with Crippen molar-refractivity contribution in [1.29, 1.82) is 0 Å². The first-order valence-electron chi connectivity index (χ1n) is 7.77. The molecule has 1 fully saturated rings. The van der Waals surface area contributed by atoms with Crippen LogP contribution in [0.25, 0.3) is 0 Å². The maximum Gasteiger partial charge on any atom is 0.123 e. The molecule has 1 saturated carbocycles. The van der Waals surface area contributed by atoms with Gasteiger partial charge in [0.15, 0.2) is 0 Å².